The van der Waals surface area contributed by atoms with Crippen molar-refractivity contribution in [2.75, 3.05) is 19.7 Å². The highest BCUT2D eigenvalue weighted by molar-refractivity contribution is 4.92. The minimum Gasteiger partial charge on any atom is -0.361 e. The molecule has 0 N–H and O–H groups in total. The molecular weight excluding hydrogens is 218 g/mol. The van der Waals surface area contributed by atoms with Crippen LogP contribution in [0.25, 0.3) is 0 Å². The number of hydrogen-bond acceptors (Lipinski definition) is 5. The lowest BCUT2D eigenvalue weighted by atomic mass is 10.3. The fraction of sp³-hybridized carbons (Fsp3) is 0.727. The number of nitriles is 1. The molecule has 6 heteroatoms. The highest BCUT2D eigenvalue weighted by Gasteiger charge is 2.21. The third-order valence-electron chi connectivity index (χ3n) is 2.80. The highest BCUT2D eigenvalue weighted by atomic mass is 16.5. The Balaban J connectivity index is 2.01. The van der Waals surface area contributed by atoms with Crippen LogP contribution in [-0.2, 0) is 11.3 Å². The van der Waals surface area contributed by atoms with E-state index in [-0.39, 0.29) is 6.10 Å². The molecule has 1 saturated heterocycles. The van der Waals surface area contributed by atoms with Crippen LogP contribution in [0.4, 0.5) is 0 Å². The van der Waals surface area contributed by atoms with Gasteiger partial charge in [0.2, 0.25) is 0 Å². The van der Waals surface area contributed by atoms with Crippen molar-refractivity contribution in [1.82, 2.24) is 19.7 Å². The van der Waals surface area contributed by atoms with Crippen LogP contribution in [0.3, 0.4) is 0 Å². The molecule has 17 heavy (non-hydrogen) atoms. The molecule has 1 atom stereocenters. The maximum Gasteiger partial charge on any atom is 0.156 e. The van der Waals surface area contributed by atoms with Crippen LogP contribution >= 0.6 is 0 Å². The third kappa shape index (κ3) is 2.81. The molecule has 0 aliphatic carbocycles. The van der Waals surface area contributed by atoms with Gasteiger partial charge in [0.15, 0.2) is 6.10 Å². The molecule has 0 bridgehead atoms. The number of nitrogens with zero attached hydrogens (tertiary/aromatic N) is 5. The van der Waals surface area contributed by atoms with Crippen molar-refractivity contribution < 1.29 is 4.74 Å². The van der Waals surface area contributed by atoms with Gasteiger partial charge >= 0.3 is 0 Å². The maximum atomic E-state index is 8.84. The Kier molecular flexibility index (Phi) is 3.71. The van der Waals surface area contributed by atoms with Crippen LogP contribution in [0.5, 0.6) is 0 Å². The van der Waals surface area contributed by atoms with E-state index in [1.807, 2.05) is 4.68 Å². The van der Waals surface area contributed by atoms with Crippen molar-refractivity contribution in [2.24, 2.45) is 0 Å². The summed E-state index contributed by atoms with van der Waals surface area (Å²) in [5.74, 6) is 0.943. The van der Waals surface area contributed by atoms with Crippen LogP contribution in [-0.4, -0.2) is 45.5 Å². The van der Waals surface area contributed by atoms with E-state index in [0.717, 1.165) is 18.9 Å². The van der Waals surface area contributed by atoms with E-state index >= 15 is 0 Å². The first-order valence-electron chi connectivity index (χ1n) is 5.82. The Morgan fingerprint density at radius 2 is 2.47 bits per heavy atom. The van der Waals surface area contributed by atoms with Gasteiger partial charge in [-0.1, -0.05) is 0 Å². The second kappa shape index (κ2) is 5.25. The summed E-state index contributed by atoms with van der Waals surface area (Å²) in [5.41, 5.74) is 0. The van der Waals surface area contributed by atoms with Crippen LogP contribution in [0.2, 0.25) is 0 Å². The van der Waals surface area contributed by atoms with Crippen LogP contribution in [0.1, 0.15) is 25.7 Å². The van der Waals surface area contributed by atoms with Crippen molar-refractivity contribution >= 4 is 0 Å². The Hall–Kier alpha value is -1.45. The summed E-state index contributed by atoms with van der Waals surface area (Å²) in [4.78, 5) is 6.45. The van der Waals surface area contributed by atoms with E-state index in [2.05, 4.69) is 34.9 Å². The van der Waals surface area contributed by atoms with Gasteiger partial charge in [0.25, 0.3) is 0 Å². The monoisotopic (exact) mass is 235 g/mol. The number of morpholine rings is 1. The molecular formula is C11H17N5O. The van der Waals surface area contributed by atoms with Crippen molar-refractivity contribution in [3.05, 3.63) is 12.2 Å². The van der Waals surface area contributed by atoms with Gasteiger partial charge in [0.05, 0.1) is 19.2 Å². The molecule has 0 aromatic carbocycles. The normalized spacial score (nSPS) is 21.6. The zero-order chi connectivity index (χ0) is 12.3. The van der Waals surface area contributed by atoms with Gasteiger partial charge in [-0.15, -0.1) is 0 Å². The summed E-state index contributed by atoms with van der Waals surface area (Å²) in [6.45, 7) is 6.96. The van der Waals surface area contributed by atoms with E-state index in [1.54, 1.807) is 6.33 Å². The van der Waals surface area contributed by atoms with Gasteiger partial charge in [-0.2, -0.15) is 10.4 Å². The quantitative estimate of drug-likeness (QED) is 0.766. The zero-order valence-corrected chi connectivity index (χ0v) is 10.2. The van der Waals surface area contributed by atoms with Gasteiger partial charge < -0.3 is 4.74 Å². The maximum absolute atomic E-state index is 8.84. The molecule has 1 aliphatic heterocycles. The predicted octanol–water partition coefficient (Wildman–Crippen LogP) is 0.583. The zero-order valence-electron chi connectivity index (χ0n) is 10.2. The summed E-state index contributed by atoms with van der Waals surface area (Å²) < 4.78 is 7.22. The molecule has 0 amide bonds. The second-order valence-electron chi connectivity index (χ2n) is 4.44. The van der Waals surface area contributed by atoms with E-state index < -0.39 is 0 Å². The van der Waals surface area contributed by atoms with Gasteiger partial charge in [0, 0.05) is 19.1 Å². The first kappa shape index (κ1) is 12.0. The molecule has 0 spiro atoms. The van der Waals surface area contributed by atoms with E-state index in [9.17, 15) is 0 Å². The highest BCUT2D eigenvalue weighted by Crippen LogP contribution is 2.11. The number of ether oxygens (including phenoxy) is 1. The molecule has 1 fully saturated rings. The number of aromatic nitrogens is 3. The first-order chi connectivity index (χ1) is 8.20. The van der Waals surface area contributed by atoms with Gasteiger partial charge in [0.1, 0.15) is 12.2 Å². The van der Waals surface area contributed by atoms with Crippen molar-refractivity contribution in [3.63, 3.8) is 0 Å². The Morgan fingerprint density at radius 1 is 1.65 bits per heavy atom. The second-order valence-corrected chi connectivity index (χ2v) is 4.44. The smallest absolute Gasteiger partial charge is 0.156 e. The molecule has 2 heterocycles. The molecule has 1 aromatic heterocycles. The first-order valence-corrected chi connectivity index (χ1v) is 5.82. The summed E-state index contributed by atoms with van der Waals surface area (Å²) in [5, 5.41) is 13.0. The SMILES string of the molecule is CC(C)n1ncnc1CN1CCOC(C#N)C1. The van der Waals surface area contributed by atoms with E-state index in [0.29, 0.717) is 19.2 Å². The largest absolute Gasteiger partial charge is 0.361 e. The summed E-state index contributed by atoms with van der Waals surface area (Å²) in [7, 11) is 0. The fourth-order valence-electron chi connectivity index (χ4n) is 1.94. The molecule has 0 radical (unpaired) electrons. The standard InChI is InChI=1S/C11H17N5O/c1-9(2)16-11(13-8-14-16)7-15-3-4-17-10(5-12)6-15/h8-10H,3-4,6-7H2,1-2H3. The minimum absolute atomic E-state index is 0.306. The molecule has 1 aromatic rings. The van der Waals surface area contributed by atoms with Crippen molar-refractivity contribution in [2.45, 2.75) is 32.5 Å². The van der Waals surface area contributed by atoms with Crippen LogP contribution < -0.4 is 0 Å². The Labute approximate surface area is 101 Å². The summed E-state index contributed by atoms with van der Waals surface area (Å²) >= 11 is 0. The predicted molar refractivity (Wildman–Crippen MR) is 61.0 cm³/mol. The molecule has 92 valence electrons. The number of rotatable bonds is 3. The van der Waals surface area contributed by atoms with Gasteiger partial charge in [-0.25, -0.2) is 9.67 Å². The lowest BCUT2D eigenvalue weighted by Gasteiger charge is -2.29. The lowest BCUT2D eigenvalue weighted by Crippen LogP contribution is -2.41. The van der Waals surface area contributed by atoms with E-state index in [1.165, 1.54) is 0 Å². The Bertz CT molecular complexity index is 408. The number of hydrogen-bond donors (Lipinski definition) is 0. The average molecular weight is 235 g/mol. The summed E-state index contributed by atoms with van der Waals surface area (Å²) in [6.07, 6.45) is 1.26. The third-order valence-corrected chi connectivity index (χ3v) is 2.80. The summed E-state index contributed by atoms with van der Waals surface area (Å²) in [6, 6.07) is 2.45. The topological polar surface area (TPSA) is 67.0 Å². The Morgan fingerprint density at radius 3 is 3.18 bits per heavy atom. The minimum atomic E-state index is -0.320. The average Bonchev–Trinajstić information content (AvgIpc) is 2.77. The molecule has 1 unspecified atom stereocenters. The van der Waals surface area contributed by atoms with Crippen molar-refractivity contribution in [3.8, 4) is 6.07 Å². The van der Waals surface area contributed by atoms with Gasteiger partial charge in [-0.3, -0.25) is 4.90 Å². The molecule has 6 nitrogen and oxygen atoms in total. The van der Waals surface area contributed by atoms with Gasteiger partial charge in [-0.05, 0) is 13.8 Å². The van der Waals surface area contributed by atoms with E-state index in [4.69, 9.17) is 10.00 Å². The molecule has 1 aliphatic rings. The lowest BCUT2D eigenvalue weighted by molar-refractivity contribution is -0.00415. The fourth-order valence-corrected chi connectivity index (χ4v) is 1.94. The molecule has 2 rings (SSSR count). The van der Waals surface area contributed by atoms with Crippen molar-refractivity contribution in [1.29, 1.82) is 5.26 Å². The van der Waals surface area contributed by atoms with Crippen LogP contribution in [0, 0.1) is 11.3 Å². The molecule has 0 saturated carbocycles. The van der Waals surface area contributed by atoms with Crippen LogP contribution in [0.15, 0.2) is 6.33 Å².